The van der Waals surface area contributed by atoms with Crippen molar-refractivity contribution in [3.8, 4) is 5.88 Å². The molecule has 0 unspecified atom stereocenters. The largest absolute Gasteiger partial charge is 0.475 e. The fourth-order valence-corrected chi connectivity index (χ4v) is 1.33. The van der Waals surface area contributed by atoms with Crippen molar-refractivity contribution in [1.29, 1.82) is 0 Å². The van der Waals surface area contributed by atoms with Crippen molar-refractivity contribution in [3.63, 3.8) is 0 Å². The van der Waals surface area contributed by atoms with Crippen LogP contribution >= 0.6 is 0 Å². The van der Waals surface area contributed by atoms with E-state index in [9.17, 15) is 0 Å². The summed E-state index contributed by atoms with van der Waals surface area (Å²) in [5, 5.41) is 3.08. The summed E-state index contributed by atoms with van der Waals surface area (Å²) in [7, 11) is 0. The SMILES string of the molecule is CC(C)Oc1ccnc(NCc2ccncn2)n1. The Morgan fingerprint density at radius 3 is 2.83 bits per heavy atom. The second-order valence-electron chi connectivity index (χ2n) is 3.94. The maximum Gasteiger partial charge on any atom is 0.226 e. The van der Waals surface area contributed by atoms with Gasteiger partial charge >= 0.3 is 0 Å². The molecule has 0 aliphatic carbocycles. The first-order valence-electron chi connectivity index (χ1n) is 5.72. The van der Waals surface area contributed by atoms with Crippen LogP contribution in [0.4, 0.5) is 5.95 Å². The molecule has 2 aromatic rings. The molecule has 2 rings (SSSR count). The van der Waals surface area contributed by atoms with Gasteiger partial charge in [-0.3, -0.25) is 0 Å². The fourth-order valence-electron chi connectivity index (χ4n) is 1.33. The molecule has 2 heterocycles. The van der Waals surface area contributed by atoms with Crippen LogP contribution in [-0.2, 0) is 6.54 Å². The quantitative estimate of drug-likeness (QED) is 0.863. The van der Waals surface area contributed by atoms with Gasteiger partial charge in [0.1, 0.15) is 6.33 Å². The third-order valence-electron chi connectivity index (χ3n) is 2.06. The topological polar surface area (TPSA) is 72.8 Å². The van der Waals surface area contributed by atoms with Gasteiger partial charge in [-0.25, -0.2) is 15.0 Å². The zero-order chi connectivity index (χ0) is 12.8. The van der Waals surface area contributed by atoms with Crippen LogP contribution in [0.25, 0.3) is 0 Å². The molecule has 6 nitrogen and oxygen atoms in total. The predicted octanol–water partition coefficient (Wildman–Crippen LogP) is 1.67. The Kier molecular flexibility index (Phi) is 4.01. The zero-order valence-electron chi connectivity index (χ0n) is 10.4. The molecule has 0 saturated carbocycles. The van der Waals surface area contributed by atoms with E-state index in [-0.39, 0.29) is 6.10 Å². The van der Waals surface area contributed by atoms with Gasteiger partial charge in [-0.05, 0) is 19.9 Å². The van der Waals surface area contributed by atoms with E-state index in [1.807, 2.05) is 19.9 Å². The first-order valence-corrected chi connectivity index (χ1v) is 5.72. The molecule has 0 saturated heterocycles. The van der Waals surface area contributed by atoms with Crippen molar-refractivity contribution in [2.24, 2.45) is 0 Å². The number of aromatic nitrogens is 4. The first-order chi connectivity index (χ1) is 8.74. The van der Waals surface area contributed by atoms with Crippen LogP contribution in [0, 0.1) is 0 Å². The van der Waals surface area contributed by atoms with Gasteiger partial charge < -0.3 is 10.1 Å². The highest BCUT2D eigenvalue weighted by atomic mass is 16.5. The lowest BCUT2D eigenvalue weighted by molar-refractivity contribution is 0.232. The minimum absolute atomic E-state index is 0.0922. The molecule has 0 amide bonds. The molecule has 0 atom stereocenters. The number of nitrogens with zero attached hydrogens (tertiary/aromatic N) is 4. The van der Waals surface area contributed by atoms with Gasteiger partial charge in [0.15, 0.2) is 0 Å². The molecular weight excluding hydrogens is 230 g/mol. The molecule has 0 aliphatic heterocycles. The number of hydrogen-bond acceptors (Lipinski definition) is 6. The highest BCUT2D eigenvalue weighted by Gasteiger charge is 2.02. The van der Waals surface area contributed by atoms with Crippen LogP contribution in [0.1, 0.15) is 19.5 Å². The van der Waals surface area contributed by atoms with Gasteiger partial charge in [0.2, 0.25) is 11.8 Å². The molecule has 18 heavy (non-hydrogen) atoms. The van der Waals surface area contributed by atoms with Gasteiger partial charge in [0.05, 0.1) is 18.3 Å². The highest BCUT2D eigenvalue weighted by Crippen LogP contribution is 2.10. The minimum atomic E-state index is 0.0922. The summed E-state index contributed by atoms with van der Waals surface area (Å²) in [5.74, 6) is 1.08. The van der Waals surface area contributed by atoms with Gasteiger partial charge in [-0.15, -0.1) is 0 Å². The van der Waals surface area contributed by atoms with E-state index in [1.54, 1.807) is 18.5 Å². The molecule has 94 valence electrons. The minimum Gasteiger partial charge on any atom is -0.475 e. The molecule has 0 aromatic carbocycles. The summed E-state index contributed by atoms with van der Waals surface area (Å²) in [4.78, 5) is 16.3. The van der Waals surface area contributed by atoms with Gasteiger partial charge in [-0.2, -0.15) is 4.98 Å². The Morgan fingerprint density at radius 2 is 2.11 bits per heavy atom. The molecule has 0 spiro atoms. The van der Waals surface area contributed by atoms with Crippen LogP contribution in [0.5, 0.6) is 5.88 Å². The van der Waals surface area contributed by atoms with Crippen LogP contribution in [0.15, 0.2) is 30.9 Å². The standard InChI is InChI=1S/C12H15N5O/c1-9(2)18-11-4-6-14-12(17-11)15-7-10-3-5-13-8-16-10/h3-6,8-9H,7H2,1-2H3,(H,14,15,17). The maximum atomic E-state index is 5.49. The predicted molar refractivity (Wildman–Crippen MR) is 67.2 cm³/mol. The molecule has 0 fully saturated rings. The monoisotopic (exact) mass is 245 g/mol. The van der Waals surface area contributed by atoms with E-state index in [0.29, 0.717) is 18.4 Å². The summed E-state index contributed by atoms with van der Waals surface area (Å²) in [6.45, 7) is 4.46. The van der Waals surface area contributed by atoms with E-state index in [2.05, 4.69) is 25.3 Å². The molecule has 0 aliphatic rings. The Bertz CT molecular complexity index is 489. The van der Waals surface area contributed by atoms with Crippen molar-refractivity contribution in [1.82, 2.24) is 19.9 Å². The van der Waals surface area contributed by atoms with Crippen molar-refractivity contribution in [2.75, 3.05) is 5.32 Å². The normalized spacial score (nSPS) is 10.4. The Balaban J connectivity index is 1.97. The summed E-state index contributed by atoms with van der Waals surface area (Å²) in [6, 6.07) is 3.57. The second-order valence-corrected chi connectivity index (χ2v) is 3.94. The molecule has 2 aromatic heterocycles. The molecular formula is C12H15N5O. The Morgan fingerprint density at radius 1 is 1.22 bits per heavy atom. The van der Waals surface area contributed by atoms with Crippen LogP contribution in [-0.4, -0.2) is 26.0 Å². The number of anilines is 1. The average molecular weight is 245 g/mol. The number of rotatable bonds is 5. The van der Waals surface area contributed by atoms with Crippen molar-refractivity contribution < 1.29 is 4.74 Å². The number of ether oxygens (including phenoxy) is 1. The Labute approximate surface area is 105 Å². The van der Waals surface area contributed by atoms with Crippen LogP contribution in [0.2, 0.25) is 0 Å². The van der Waals surface area contributed by atoms with Gasteiger partial charge in [0.25, 0.3) is 0 Å². The summed E-state index contributed by atoms with van der Waals surface area (Å²) in [6.07, 6.45) is 4.96. The summed E-state index contributed by atoms with van der Waals surface area (Å²) >= 11 is 0. The van der Waals surface area contributed by atoms with Crippen molar-refractivity contribution >= 4 is 5.95 Å². The third kappa shape index (κ3) is 3.65. The van der Waals surface area contributed by atoms with E-state index in [1.165, 1.54) is 6.33 Å². The third-order valence-corrected chi connectivity index (χ3v) is 2.06. The number of hydrogen-bond donors (Lipinski definition) is 1. The van der Waals surface area contributed by atoms with E-state index >= 15 is 0 Å². The van der Waals surface area contributed by atoms with Crippen molar-refractivity contribution in [3.05, 3.63) is 36.5 Å². The molecule has 1 N–H and O–H groups in total. The van der Waals surface area contributed by atoms with E-state index in [0.717, 1.165) is 5.69 Å². The highest BCUT2D eigenvalue weighted by molar-refractivity contribution is 5.28. The van der Waals surface area contributed by atoms with Crippen molar-refractivity contribution in [2.45, 2.75) is 26.5 Å². The van der Waals surface area contributed by atoms with Crippen LogP contribution < -0.4 is 10.1 Å². The second kappa shape index (κ2) is 5.90. The van der Waals surface area contributed by atoms with E-state index < -0.39 is 0 Å². The average Bonchev–Trinajstić information content (AvgIpc) is 2.37. The lowest BCUT2D eigenvalue weighted by Gasteiger charge is -2.09. The molecule has 0 radical (unpaired) electrons. The molecule has 6 heteroatoms. The Hall–Kier alpha value is -2.24. The summed E-state index contributed by atoms with van der Waals surface area (Å²) in [5.41, 5.74) is 0.879. The fraction of sp³-hybridized carbons (Fsp3) is 0.333. The lowest BCUT2D eigenvalue weighted by atomic mass is 10.4. The van der Waals surface area contributed by atoms with Gasteiger partial charge in [-0.1, -0.05) is 0 Å². The zero-order valence-corrected chi connectivity index (χ0v) is 10.4. The lowest BCUT2D eigenvalue weighted by Crippen LogP contribution is -2.09. The van der Waals surface area contributed by atoms with Gasteiger partial charge in [0, 0.05) is 18.5 Å². The summed E-state index contributed by atoms with van der Waals surface area (Å²) < 4.78 is 5.49. The van der Waals surface area contributed by atoms with E-state index in [4.69, 9.17) is 4.74 Å². The first kappa shape index (κ1) is 12.2. The molecule has 0 bridgehead atoms. The smallest absolute Gasteiger partial charge is 0.226 e. The number of nitrogens with one attached hydrogen (secondary N) is 1. The van der Waals surface area contributed by atoms with Crippen LogP contribution in [0.3, 0.4) is 0 Å². The maximum absolute atomic E-state index is 5.49.